The second kappa shape index (κ2) is 9.33. The Kier molecular flexibility index (Phi) is 6.70. The molecule has 0 saturated heterocycles. The predicted octanol–water partition coefficient (Wildman–Crippen LogP) is 4.45. The maximum atomic E-state index is 10.6. The lowest BCUT2D eigenvalue weighted by atomic mass is 9.99. The summed E-state index contributed by atoms with van der Waals surface area (Å²) in [5, 5.41) is 26.6. The first-order chi connectivity index (χ1) is 16.0. The number of ether oxygens (including phenoxy) is 3. The molecule has 0 fully saturated rings. The number of nitrogens with one attached hydrogen (secondary N) is 1. The minimum absolute atomic E-state index is 0.193. The van der Waals surface area contributed by atoms with Crippen LogP contribution in [-0.4, -0.2) is 58.9 Å². The number of phenolic OH excluding ortho intramolecular Hbond substituents is 1. The summed E-state index contributed by atoms with van der Waals surface area (Å²) in [5.41, 5.74) is 3.03. The number of carbonyl (C=O) groups is 1. The van der Waals surface area contributed by atoms with Crippen molar-refractivity contribution >= 4 is 27.8 Å². The molecule has 0 saturated carbocycles. The van der Waals surface area contributed by atoms with Gasteiger partial charge >= 0.3 is 12.1 Å². The fourth-order valence-electron chi connectivity index (χ4n) is 3.40. The molecule has 0 aliphatic carbocycles. The molecule has 4 rings (SSSR count). The van der Waals surface area contributed by atoms with Gasteiger partial charge in [0.15, 0.2) is 17.1 Å². The Bertz CT molecular complexity index is 1350. The smallest absolute Gasteiger partial charge is 0.490 e. The molecule has 0 radical (unpaired) electrons. The SMILES string of the molecule is COc1cc2c(-c3ccc(O)cc3)nc3[nH]nc(C)c3c2c(OC)c1OC.O=C(O)C(F)(F)F. The molecule has 2 heterocycles. The molecule has 0 aliphatic rings. The standard InChI is InChI=1S/C20H19N3O4.C2HF3O2/c1-10-15-16-13(9-14(25-2)18(26-3)19(16)27-4)17(21-20(15)23-22-10)11-5-7-12(24)8-6-11;3-2(4,5)1(6)7/h5-9,24H,1-4H3,(H,21,22,23);(H,6,7). The minimum atomic E-state index is -5.08. The number of phenols is 1. The van der Waals surface area contributed by atoms with Crippen molar-refractivity contribution in [3.05, 3.63) is 36.0 Å². The number of benzene rings is 2. The van der Waals surface area contributed by atoms with E-state index in [1.165, 1.54) is 0 Å². The van der Waals surface area contributed by atoms with Gasteiger partial charge in [-0.1, -0.05) is 0 Å². The van der Waals surface area contributed by atoms with Crippen LogP contribution in [0.4, 0.5) is 13.2 Å². The zero-order valence-electron chi connectivity index (χ0n) is 18.4. The average molecular weight is 479 g/mol. The molecule has 4 aromatic rings. The van der Waals surface area contributed by atoms with E-state index in [1.54, 1.807) is 33.5 Å². The van der Waals surface area contributed by atoms with Crippen LogP contribution in [0.5, 0.6) is 23.0 Å². The first kappa shape index (κ1) is 24.4. The lowest BCUT2D eigenvalue weighted by Crippen LogP contribution is -2.21. The largest absolute Gasteiger partial charge is 0.508 e. The number of halogens is 3. The van der Waals surface area contributed by atoms with Crippen LogP contribution in [0.2, 0.25) is 0 Å². The number of aliphatic carboxylic acids is 1. The highest BCUT2D eigenvalue weighted by Crippen LogP contribution is 2.48. The van der Waals surface area contributed by atoms with Crippen LogP contribution in [0.15, 0.2) is 30.3 Å². The number of hydrogen-bond donors (Lipinski definition) is 3. The number of rotatable bonds is 4. The molecular weight excluding hydrogens is 459 g/mol. The summed E-state index contributed by atoms with van der Waals surface area (Å²) in [7, 11) is 4.75. The second-order valence-electron chi connectivity index (χ2n) is 6.91. The van der Waals surface area contributed by atoms with Crippen LogP contribution in [-0.2, 0) is 4.79 Å². The van der Waals surface area contributed by atoms with E-state index in [1.807, 2.05) is 25.1 Å². The fourth-order valence-corrected chi connectivity index (χ4v) is 3.40. The molecule has 0 atom stereocenters. The van der Waals surface area contributed by atoms with Gasteiger partial charge in [-0.15, -0.1) is 0 Å². The molecule has 3 N–H and O–H groups in total. The van der Waals surface area contributed by atoms with Crippen molar-refractivity contribution in [1.29, 1.82) is 0 Å². The van der Waals surface area contributed by atoms with Gasteiger partial charge in [-0.3, -0.25) is 5.10 Å². The molecule has 0 unspecified atom stereocenters. The Morgan fingerprint density at radius 2 is 1.59 bits per heavy atom. The van der Waals surface area contributed by atoms with Crippen molar-refractivity contribution in [3.8, 4) is 34.3 Å². The fraction of sp³-hybridized carbons (Fsp3) is 0.227. The number of fused-ring (bicyclic) bond motifs is 3. The lowest BCUT2D eigenvalue weighted by Gasteiger charge is -2.17. The number of aromatic hydroxyl groups is 1. The topological polar surface area (TPSA) is 127 Å². The van der Waals surface area contributed by atoms with E-state index >= 15 is 0 Å². The monoisotopic (exact) mass is 479 g/mol. The summed E-state index contributed by atoms with van der Waals surface area (Å²) in [5.74, 6) is -0.948. The number of aryl methyl sites for hydroxylation is 1. The van der Waals surface area contributed by atoms with E-state index in [-0.39, 0.29) is 5.75 Å². The molecular formula is C22H20F3N3O6. The molecule has 12 heteroatoms. The summed E-state index contributed by atoms with van der Waals surface area (Å²) in [4.78, 5) is 13.7. The third-order valence-corrected chi connectivity index (χ3v) is 4.87. The Labute approximate surface area is 190 Å². The van der Waals surface area contributed by atoms with Crippen molar-refractivity contribution in [1.82, 2.24) is 15.2 Å². The summed E-state index contributed by atoms with van der Waals surface area (Å²) in [6, 6.07) is 8.77. The molecule has 2 aromatic carbocycles. The minimum Gasteiger partial charge on any atom is -0.508 e. The quantitative estimate of drug-likeness (QED) is 0.392. The van der Waals surface area contributed by atoms with Crippen LogP contribution >= 0.6 is 0 Å². The zero-order valence-corrected chi connectivity index (χ0v) is 18.4. The van der Waals surface area contributed by atoms with Crippen LogP contribution in [0.25, 0.3) is 33.1 Å². The Morgan fingerprint density at radius 1 is 1.00 bits per heavy atom. The lowest BCUT2D eigenvalue weighted by molar-refractivity contribution is -0.192. The summed E-state index contributed by atoms with van der Waals surface area (Å²) < 4.78 is 48.5. The molecule has 0 bridgehead atoms. The zero-order chi connectivity index (χ0) is 25.2. The van der Waals surface area contributed by atoms with Crippen LogP contribution < -0.4 is 14.2 Å². The maximum absolute atomic E-state index is 10.6. The highest BCUT2D eigenvalue weighted by atomic mass is 19.4. The number of methoxy groups -OCH3 is 3. The third kappa shape index (κ3) is 4.47. The van der Waals surface area contributed by atoms with Gasteiger partial charge in [-0.25, -0.2) is 9.78 Å². The third-order valence-electron chi connectivity index (χ3n) is 4.87. The van der Waals surface area contributed by atoms with Crippen LogP contribution in [0.1, 0.15) is 5.69 Å². The van der Waals surface area contributed by atoms with Crippen molar-refractivity contribution in [3.63, 3.8) is 0 Å². The van der Waals surface area contributed by atoms with Crippen molar-refractivity contribution < 1.29 is 42.4 Å². The van der Waals surface area contributed by atoms with E-state index in [0.717, 1.165) is 33.1 Å². The Balaban J connectivity index is 0.000000406. The second-order valence-corrected chi connectivity index (χ2v) is 6.91. The van der Waals surface area contributed by atoms with E-state index in [9.17, 15) is 18.3 Å². The van der Waals surface area contributed by atoms with Crippen LogP contribution in [0.3, 0.4) is 0 Å². The number of alkyl halides is 3. The van der Waals surface area contributed by atoms with Gasteiger partial charge in [-0.2, -0.15) is 18.3 Å². The number of nitrogens with zero attached hydrogens (tertiary/aromatic N) is 2. The van der Waals surface area contributed by atoms with Gasteiger partial charge in [0.1, 0.15) is 5.75 Å². The molecule has 9 nitrogen and oxygen atoms in total. The normalized spacial score (nSPS) is 11.1. The average Bonchev–Trinajstić information content (AvgIpc) is 3.17. The highest BCUT2D eigenvalue weighted by molar-refractivity contribution is 6.15. The Hall–Kier alpha value is -4.22. The number of aromatic nitrogens is 3. The number of hydrogen-bond acceptors (Lipinski definition) is 7. The summed E-state index contributed by atoms with van der Waals surface area (Å²) >= 11 is 0. The van der Waals surface area contributed by atoms with Gasteiger partial charge in [0.05, 0.1) is 38.1 Å². The van der Waals surface area contributed by atoms with Crippen molar-refractivity contribution in [2.75, 3.05) is 21.3 Å². The molecule has 0 aliphatic heterocycles. The van der Waals surface area contributed by atoms with Crippen molar-refractivity contribution in [2.24, 2.45) is 0 Å². The molecule has 0 amide bonds. The number of carboxylic acid groups (broad SMARTS) is 1. The molecule has 2 aromatic heterocycles. The predicted molar refractivity (Wildman–Crippen MR) is 117 cm³/mol. The van der Waals surface area contributed by atoms with E-state index < -0.39 is 12.1 Å². The van der Waals surface area contributed by atoms with Gasteiger partial charge in [0.2, 0.25) is 5.75 Å². The number of aromatic amines is 1. The number of H-pyrrole nitrogens is 1. The molecule has 34 heavy (non-hydrogen) atoms. The first-order valence-corrected chi connectivity index (χ1v) is 9.60. The van der Waals surface area contributed by atoms with E-state index in [2.05, 4.69) is 10.2 Å². The highest BCUT2D eigenvalue weighted by Gasteiger charge is 2.38. The van der Waals surface area contributed by atoms with E-state index in [4.69, 9.17) is 29.1 Å². The number of carboxylic acids is 1. The van der Waals surface area contributed by atoms with E-state index in [0.29, 0.717) is 22.9 Å². The molecule has 180 valence electrons. The van der Waals surface area contributed by atoms with Gasteiger partial charge in [0, 0.05) is 16.3 Å². The Morgan fingerprint density at radius 3 is 2.09 bits per heavy atom. The number of pyridine rings is 1. The summed E-state index contributed by atoms with van der Waals surface area (Å²) in [6.45, 7) is 1.91. The van der Waals surface area contributed by atoms with Gasteiger partial charge < -0.3 is 24.4 Å². The summed E-state index contributed by atoms with van der Waals surface area (Å²) in [6.07, 6.45) is -5.08. The molecule has 0 spiro atoms. The first-order valence-electron chi connectivity index (χ1n) is 9.60. The maximum Gasteiger partial charge on any atom is 0.490 e. The van der Waals surface area contributed by atoms with Crippen molar-refractivity contribution in [2.45, 2.75) is 13.1 Å². The van der Waals surface area contributed by atoms with Gasteiger partial charge in [0.25, 0.3) is 0 Å². The van der Waals surface area contributed by atoms with Gasteiger partial charge in [-0.05, 0) is 37.3 Å². The van der Waals surface area contributed by atoms with Crippen LogP contribution in [0, 0.1) is 6.92 Å².